The lowest BCUT2D eigenvalue weighted by molar-refractivity contribution is 0.0809. The highest BCUT2D eigenvalue weighted by molar-refractivity contribution is 7.18. The normalized spacial score (nSPS) is 26.1. The molecule has 1 fully saturated rings. The van der Waals surface area contributed by atoms with Crippen molar-refractivity contribution in [2.75, 3.05) is 13.1 Å². The average molecular weight is 272 g/mol. The van der Waals surface area contributed by atoms with Crippen LogP contribution in [0.15, 0.2) is 12.1 Å². The van der Waals surface area contributed by atoms with Gasteiger partial charge in [0.25, 0.3) is 0 Å². The molecule has 94 valence electrons. The predicted molar refractivity (Wildman–Crippen MR) is 73.1 cm³/mol. The van der Waals surface area contributed by atoms with E-state index in [1.54, 1.807) is 6.07 Å². The molecule has 2 heterocycles. The molecule has 0 aliphatic carbocycles. The Kier molecular flexibility index (Phi) is 4.23. The second-order valence-electron chi connectivity index (χ2n) is 4.99. The molecule has 1 aromatic heterocycles. The van der Waals surface area contributed by atoms with Gasteiger partial charge in [-0.2, -0.15) is 0 Å². The number of Topliss-reactive ketones (excluding diaryl/α,β-unsaturated/α-hetero) is 1. The van der Waals surface area contributed by atoms with Crippen molar-refractivity contribution in [3.05, 3.63) is 21.3 Å². The zero-order chi connectivity index (χ0) is 12.4. The number of hydrogen-bond acceptors (Lipinski definition) is 3. The molecule has 0 radical (unpaired) electrons. The van der Waals surface area contributed by atoms with Crippen molar-refractivity contribution in [2.24, 2.45) is 5.92 Å². The molecular formula is C13H18ClNOS. The van der Waals surface area contributed by atoms with Gasteiger partial charge in [0.1, 0.15) is 0 Å². The molecule has 2 unspecified atom stereocenters. The third kappa shape index (κ3) is 3.30. The Morgan fingerprint density at radius 2 is 2.24 bits per heavy atom. The first-order chi connectivity index (χ1) is 8.06. The van der Waals surface area contributed by atoms with E-state index in [2.05, 4.69) is 18.7 Å². The molecule has 0 saturated carbocycles. The Morgan fingerprint density at radius 3 is 2.88 bits per heavy atom. The molecule has 1 aliphatic rings. The van der Waals surface area contributed by atoms with E-state index in [1.807, 2.05) is 6.07 Å². The molecule has 1 aliphatic heterocycles. The largest absolute Gasteiger partial charge is 0.293 e. The Bertz CT molecular complexity index is 404. The minimum Gasteiger partial charge on any atom is -0.293 e. The summed E-state index contributed by atoms with van der Waals surface area (Å²) in [5.41, 5.74) is 0. The van der Waals surface area contributed by atoms with Crippen LogP contribution in [0.5, 0.6) is 0 Å². The minimum absolute atomic E-state index is 0.197. The minimum atomic E-state index is 0.197. The Morgan fingerprint density at radius 1 is 1.47 bits per heavy atom. The molecule has 0 bridgehead atoms. The topological polar surface area (TPSA) is 20.3 Å². The standard InChI is InChI=1S/C13H18ClNOS/c1-9-3-4-10(2)15(7-9)8-11(16)12-5-6-13(14)17-12/h5-6,9-10H,3-4,7-8H2,1-2H3. The van der Waals surface area contributed by atoms with Gasteiger partial charge in [-0.25, -0.2) is 0 Å². The lowest BCUT2D eigenvalue weighted by Gasteiger charge is -2.36. The number of piperidine rings is 1. The highest BCUT2D eigenvalue weighted by Gasteiger charge is 2.25. The van der Waals surface area contributed by atoms with E-state index >= 15 is 0 Å². The van der Waals surface area contributed by atoms with Crippen molar-refractivity contribution in [3.8, 4) is 0 Å². The van der Waals surface area contributed by atoms with Crippen LogP contribution in [0.3, 0.4) is 0 Å². The Hall–Kier alpha value is -0.380. The van der Waals surface area contributed by atoms with E-state index in [9.17, 15) is 4.79 Å². The van der Waals surface area contributed by atoms with Gasteiger partial charge in [0.2, 0.25) is 0 Å². The maximum atomic E-state index is 12.1. The molecule has 2 atom stereocenters. The number of hydrogen-bond donors (Lipinski definition) is 0. The van der Waals surface area contributed by atoms with Gasteiger partial charge in [-0.05, 0) is 37.8 Å². The van der Waals surface area contributed by atoms with Gasteiger partial charge in [-0.3, -0.25) is 9.69 Å². The van der Waals surface area contributed by atoms with Gasteiger partial charge in [-0.1, -0.05) is 18.5 Å². The van der Waals surface area contributed by atoms with E-state index in [0.29, 0.717) is 22.8 Å². The Labute approximate surface area is 112 Å². The third-order valence-corrected chi connectivity index (χ3v) is 4.71. The first-order valence-corrected chi connectivity index (χ1v) is 7.28. The molecule has 17 heavy (non-hydrogen) atoms. The summed E-state index contributed by atoms with van der Waals surface area (Å²) in [5, 5.41) is 0. The van der Waals surface area contributed by atoms with E-state index < -0.39 is 0 Å². The molecule has 2 rings (SSSR count). The second-order valence-corrected chi connectivity index (χ2v) is 6.70. The highest BCUT2D eigenvalue weighted by Crippen LogP contribution is 2.24. The first kappa shape index (κ1) is 13.1. The van der Waals surface area contributed by atoms with Crippen molar-refractivity contribution in [1.82, 2.24) is 4.90 Å². The van der Waals surface area contributed by atoms with Crippen molar-refractivity contribution >= 4 is 28.7 Å². The fourth-order valence-corrected chi connectivity index (χ4v) is 3.30. The number of nitrogens with zero attached hydrogens (tertiary/aromatic N) is 1. The zero-order valence-corrected chi connectivity index (χ0v) is 11.9. The molecule has 1 aromatic rings. The van der Waals surface area contributed by atoms with E-state index in [-0.39, 0.29) is 5.78 Å². The molecular weight excluding hydrogens is 254 g/mol. The molecule has 0 N–H and O–H groups in total. The zero-order valence-electron chi connectivity index (χ0n) is 10.3. The summed E-state index contributed by atoms with van der Waals surface area (Å²) < 4.78 is 0.688. The van der Waals surface area contributed by atoms with Crippen LogP contribution in [0.1, 0.15) is 36.4 Å². The maximum absolute atomic E-state index is 12.1. The van der Waals surface area contributed by atoms with Crippen LogP contribution in [0.2, 0.25) is 4.34 Å². The monoisotopic (exact) mass is 271 g/mol. The fourth-order valence-electron chi connectivity index (χ4n) is 2.33. The summed E-state index contributed by atoms with van der Waals surface area (Å²) in [6.07, 6.45) is 2.47. The number of thiophene rings is 1. The summed E-state index contributed by atoms with van der Waals surface area (Å²) in [7, 11) is 0. The second kappa shape index (κ2) is 5.51. The number of ketones is 1. The average Bonchev–Trinajstić information content (AvgIpc) is 2.70. The van der Waals surface area contributed by atoms with Crippen LogP contribution in [0.4, 0.5) is 0 Å². The molecule has 0 aromatic carbocycles. The number of rotatable bonds is 3. The van der Waals surface area contributed by atoms with E-state index in [1.165, 1.54) is 24.2 Å². The first-order valence-electron chi connectivity index (χ1n) is 6.09. The summed E-state index contributed by atoms with van der Waals surface area (Å²) >= 11 is 7.23. The smallest absolute Gasteiger partial charge is 0.186 e. The van der Waals surface area contributed by atoms with Gasteiger partial charge in [0.05, 0.1) is 15.8 Å². The summed E-state index contributed by atoms with van der Waals surface area (Å²) in [6, 6.07) is 4.14. The van der Waals surface area contributed by atoms with E-state index in [4.69, 9.17) is 11.6 Å². The van der Waals surface area contributed by atoms with Crippen LogP contribution in [0.25, 0.3) is 0 Å². The van der Waals surface area contributed by atoms with Gasteiger partial charge < -0.3 is 0 Å². The molecule has 0 spiro atoms. The number of halogens is 1. The molecule has 0 amide bonds. The van der Waals surface area contributed by atoms with Crippen molar-refractivity contribution in [2.45, 2.75) is 32.7 Å². The van der Waals surface area contributed by atoms with E-state index in [0.717, 1.165) is 11.4 Å². The lowest BCUT2D eigenvalue weighted by atomic mass is 9.95. The van der Waals surface area contributed by atoms with Crippen LogP contribution in [0, 0.1) is 5.92 Å². The van der Waals surface area contributed by atoms with Crippen LogP contribution >= 0.6 is 22.9 Å². The number of carbonyl (C=O) groups is 1. The third-order valence-electron chi connectivity index (χ3n) is 3.44. The van der Waals surface area contributed by atoms with Crippen LogP contribution < -0.4 is 0 Å². The van der Waals surface area contributed by atoms with Crippen molar-refractivity contribution in [1.29, 1.82) is 0 Å². The maximum Gasteiger partial charge on any atom is 0.186 e. The van der Waals surface area contributed by atoms with Gasteiger partial charge in [0.15, 0.2) is 5.78 Å². The van der Waals surface area contributed by atoms with Gasteiger partial charge >= 0.3 is 0 Å². The molecule has 1 saturated heterocycles. The lowest BCUT2D eigenvalue weighted by Crippen LogP contribution is -2.43. The molecule has 4 heteroatoms. The quantitative estimate of drug-likeness (QED) is 0.781. The Balaban J connectivity index is 1.98. The summed E-state index contributed by atoms with van der Waals surface area (Å²) in [6.45, 7) is 6.03. The van der Waals surface area contributed by atoms with Crippen LogP contribution in [-0.4, -0.2) is 29.8 Å². The van der Waals surface area contributed by atoms with Crippen molar-refractivity contribution in [3.63, 3.8) is 0 Å². The number of carbonyl (C=O) groups excluding carboxylic acids is 1. The summed E-state index contributed by atoms with van der Waals surface area (Å²) in [4.78, 5) is 15.2. The highest BCUT2D eigenvalue weighted by atomic mass is 35.5. The SMILES string of the molecule is CC1CCC(C)N(CC(=O)c2ccc(Cl)s2)C1. The van der Waals surface area contributed by atoms with Crippen molar-refractivity contribution < 1.29 is 4.79 Å². The van der Waals surface area contributed by atoms with Gasteiger partial charge in [0, 0.05) is 12.6 Å². The van der Waals surface area contributed by atoms with Crippen LogP contribution in [-0.2, 0) is 0 Å². The van der Waals surface area contributed by atoms with Gasteiger partial charge in [-0.15, -0.1) is 11.3 Å². The number of likely N-dealkylation sites (tertiary alicyclic amines) is 1. The summed E-state index contributed by atoms with van der Waals surface area (Å²) in [5.74, 6) is 0.897. The fraction of sp³-hybridized carbons (Fsp3) is 0.615. The predicted octanol–water partition coefficient (Wildman–Crippen LogP) is 3.70. The molecule has 2 nitrogen and oxygen atoms in total.